The van der Waals surface area contributed by atoms with E-state index in [0.717, 1.165) is 0 Å². The molecule has 6 nitrogen and oxygen atoms in total. The number of benzene rings is 2. The number of hydrogen-bond donors (Lipinski definition) is 0. The molecule has 3 aliphatic rings. The number of rotatable bonds is 9. The summed E-state index contributed by atoms with van der Waals surface area (Å²) in [6.07, 6.45) is 2.48. The van der Waals surface area contributed by atoms with E-state index >= 15 is 0 Å². The Bertz CT molecular complexity index is 1030. The molecule has 1 atom stereocenters. The molecule has 1 aliphatic carbocycles. The van der Waals surface area contributed by atoms with E-state index in [1.807, 2.05) is 18.2 Å². The van der Waals surface area contributed by atoms with Crippen molar-refractivity contribution < 1.29 is 27.8 Å². The number of nitrogens with zero attached hydrogens (tertiary/aromatic N) is 2. The van der Waals surface area contributed by atoms with Crippen molar-refractivity contribution >= 4 is 11.6 Å². The summed E-state index contributed by atoms with van der Waals surface area (Å²) in [5.41, 5.74) is 2.04. The first-order valence-corrected chi connectivity index (χ1v) is 11.9. The van der Waals surface area contributed by atoms with Crippen LogP contribution in [0.25, 0.3) is 0 Å². The van der Waals surface area contributed by atoms with E-state index in [0.29, 0.717) is 54.9 Å². The highest BCUT2D eigenvalue weighted by Gasteiger charge is 2.38. The Labute approximate surface area is 198 Å². The highest BCUT2D eigenvalue weighted by Crippen LogP contribution is 2.40. The van der Waals surface area contributed by atoms with Crippen LogP contribution in [0.15, 0.2) is 42.5 Å². The second kappa shape index (κ2) is 9.41. The lowest BCUT2D eigenvalue weighted by molar-refractivity contribution is -0.122. The molecule has 182 valence electrons. The fraction of sp³-hybridized carbons (Fsp3) is 0.500. The molecule has 8 heteroatoms. The van der Waals surface area contributed by atoms with Crippen LogP contribution in [0.3, 0.4) is 0 Å². The van der Waals surface area contributed by atoms with Gasteiger partial charge >= 0.3 is 0 Å². The number of carbonyl (C=O) groups excluding carboxylic acids is 1. The molecule has 5 rings (SSSR count). The highest BCUT2D eigenvalue weighted by molar-refractivity contribution is 5.99. The molecular weight excluding hydrogens is 442 g/mol. The summed E-state index contributed by atoms with van der Waals surface area (Å²) < 4.78 is 43.9. The molecule has 3 fully saturated rings. The second-order valence-corrected chi connectivity index (χ2v) is 9.29. The monoisotopic (exact) mass is 472 g/mol. The van der Waals surface area contributed by atoms with Crippen molar-refractivity contribution in [3.63, 3.8) is 0 Å². The summed E-state index contributed by atoms with van der Waals surface area (Å²) in [7, 11) is 1.54. The standard InChI is InChI=1S/C26H30F2N2O4/c1-32-24-16-20(6-9-22(24)33-15-14-29-13-11-26(27,28)17-29)30-12-10-23(25(30)31)34-21-7-4-19(5-8-21)18-2-3-18/h4-9,16,18,23H,2-3,10-15,17H2,1H3/t23-/m0/s1. The summed E-state index contributed by atoms with van der Waals surface area (Å²) in [4.78, 5) is 16.4. The van der Waals surface area contributed by atoms with Gasteiger partial charge in [-0.3, -0.25) is 9.69 Å². The van der Waals surface area contributed by atoms with Crippen molar-refractivity contribution in [1.29, 1.82) is 0 Å². The minimum atomic E-state index is -2.61. The largest absolute Gasteiger partial charge is 0.493 e. The lowest BCUT2D eigenvalue weighted by atomic mass is 10.1. The number of alkyl halides is 2. The van der Waals surface area contributed by atoms with Crippen molar-refractivity contribution in [1.82, 2.24) is 4.90 Å². The molecule has 2 heterocycles. The minimum Gasteiger partial charge on any atom is -0.493 e. The van der Waals surface area contributed by atoms with Crippen molar-refractivity contribution in [3.8, 4) is 17.2 Å². The third-order valence-corrected chi connectivity index (χ3v) is 6.74. The topological polar surface area (TPSA) is 51.2 Å². The van der Waals surface area contributed by atoms with E-state index in [4.69, 9.17) is 14.2 Å². The lowest BCUT2D eigenvalue weighted by Gasteiger charge is -2.20. The molecule has 0 aromatic heterocycles. The Hall–Kier alpha value is -2.87. The summed E-state index contributed by atoms with van der Waals surface area (Å²) in [5, 5.41) is 0. The fourth-order valence-corrected chi connectivity index (χ4v) is 4.64. The molecule has 34 heavy (non-hydrogen) atoms. The first kappa shape index (κ1) is 22.9. The predicted octanol–water partition coefficient (Wildman–Crippen LogP) is 4.48. The Morgan fingerprint density at radius 2 is 1.82 bits per heavy atom. The van der Waals surface area contributed by atoms with Crippen molar-refractivity contribution in [2.75, 3.05) is 44.8 Å². The number of carbonyl (C=O) groups is 1. The summed E-state index contributed by atoms with van der Waals surface area (Å²) >= 11 is 0. The van der Waals surface area contributed by atoms with Crippen LogP contribution in [0.5, 0.6) is 17.2 Å². The normalized spacial score (nSPS) is 22.3. The van der Waals surface area contributed by atoms with Gasteiger partial charge in [0.05, 0.1) is 13.7 Å². The van der Waals surface area contributed by atoms with Crippen LogP contribution in [0, 0.1) is 0 Å². The Morgan fingerprint density at radius 1 is 1.03 bits per heavy atom. The van der Waals surface area contributed by atoms with Gasteiger partial charge in [0.2, 0.25) is 0 Å². The van der Waals surface area contributed by atoms with Gasteiger partial charge in [0, 0.05) is 44.2 Å². The molecular formula is C26H30F2N2O4. The van der Waals surface area contributed by atoms with E-state index in [1.165, 1.54) is 25.5 Å². The Morgan fingerprint density at radius 3 is 2.50 bits per heavy atom. The third kappa shape index (κ3) is 5.12. The third-order valence-electron chi connectivity index (χ3n) is 6.74. The zero-order valence-electron chi connectivity index (χ0n) is 19.3. The first-order chi connectivity index (χ1) is 16.4. The van der Waals surface area contributed by atoms with Gasteiger partial charge in [-0.2, -0.15) is 0 Å². The molecule has 1 amide bonds. The van der Waals surface area contributed by atoms with Crippen LogP contribution in [0.2, 0.25) is 0 Å². The van der Waals surface area contributed by atoms with Crippen LogP contribution in [-0.2, 0) is 4.79 Å². The van der Waals surface area contributed by atoms with Gasteiger partial charge in [-0.25, -0.2) is 8.78 Å². The SMILES string of the molecule is COc1cc(N2CC[C@H](Oc3ccc(C4CC4)cc3)C2=O)ccc1OCCN1CCC(F)(F)C1. The van der Waals surface area contributed by atoms with Gasteiger partial charge in [-0.1, -0.05) is 12.1 Å². The summed E-state index contributed by atoms with van der Waals surface area (Å²) in [5.74, 6) is -0.281. The van der Waals surface area contributed by atoms with Crippen molar-refractivity contribution in [3.05, 3.63) is 48.0 Å². The van der Waals surface area contributed by atoms with Crippen molar-refractivity contribution in [2.45, 2.75) is 43.6 Å². The molecule has 0 radical (unpaired) electrons. The molecule has 0 unspecified atom stereocenters. The van der Waals surface area contributed by atoms with E-state index in [1.54, 1.807) is 21.9 Å². The molecule has 0 N–H and O–H groups in total. The predicted molar refractivity (Wildman–Crippen MR) is 124 cm³/mol. The molecule has 1 saturated carbocycles. The quantitative estimate of drug-likeness (QED) is 0.539. The maximum absolute atomic E-state index is 13.3. The zero-order valence-corrected chi connectivity index (χ0v) is 19.3. The van der Waals surface area contributed by atoms with Crippen LogP contribution < -0.4 is 19.1 Å². The summed E-state index contributed by atoms with van der Waals surface area (Å²) in [6, 6.07) is 13.4. The second-order valence-electron chi connectivity index (χ2n) is 9.29. The fourth-order valence-electron chi connectivity index (χ4n) is 4.64. The molecule has 2 aliphatic heterocycles. The molecule has 0 bridgehead atoms. The number of likely N-dealkylation sites (tertiary alicyclic amines) is 1. The zero-order chi connectivity index (χ0) is 23.7. The van der Waals surface area contributed by atoms with Crippen LogP contribution in [0.1, 0.15) is 37.2 Å². The number of anilines is 1. The number of halogens is 2. The van der Waals surface area contributed by atoms with Gasteiger partial charge in [-0.15, -0.1) is 0 Å². The Kier molecular flexibility index (Phi) is 6.34. The van der Waals surface area contributed by atoms with E-state index in [9.17, 15) is 13.6 Å². The highest BCUT2D eigenvalue weighted by atomic mass is 19.3. The number of ether oxygens (including phenoxy) is 3. The van der Waals surface area contributed by atoms with Crippen LogP contribution >= 0.6 is 0 Å². The van der Waals surface area contributed by atoms with Crippen molar-refractivity contribution in [2.24, 2.45) is 0 Å². The average molecular weight is 473 g/mol. The van der Waals surface area contributed by atoms with E-state index in [-0.39, 0.29) is 25.5 Å². The number of methoxy groups -OCH3 is 1. The van der Waals surface area contributed by atoms with Crippen LogP contribution in [-0.4, -0.2) is 62.7 Å². The molecule has 2 aromatic carbocycles. The van der Waals surface area contributed by atoms with Crippen LogP contribution in [0.4, 0.5) is 14.5 Å². The summed E-state index contributed by atoms with van der Waals surface area (Å²) in [6.45, 7) is 1.40. The van der Waals surface area contributed by atoms with Gasteiger partial charge < -0.3 is 19.1 Å². The smallest absolute Gasteiger partial charge is 0.268 e. The Balaban J connectivity index is 1.17. The molecule has 0 spiro atoms. The molecule has 2 aromatic rings. The van der Waals surface area contributed by atoms with E-state index in [2.05, 4.69) is 12.1 Å². The van der Waals surface area contributed by atoms with Gasteiger partial charge in [0.15, 0.2) is 17.6 Å². The first-order valence-electron chi connectivity index (χ1n) is 11.9. The van der Waals surface area contributed by atoms with Gasteiger partial charge in [0.1, 0.15) is 12.4 Å². The maximum Gasteiger partial charge on any atom is 0.268 e. The average Bonchev–Trinajstić information content (AvgIpc) is 3.54. The number of hydrogen-bond acceptors (Lipinski definition) is 5. The molecule has 2 saturated heterocycles. The van der Waals surface area contributed by atoms with Gasteiger partial charge in [-0.05, 0) is 48.6 Å². The van der Waals surface area contributed by atoms with Gasteiger partial charge in [0.25, 0.3) is 11.8 Å². The number of amides is 1. The lowest BCUT2D eigenvalue weighted by Crippen LogP contribution is -2.32. The minimum absolute atomic E-state index is 0.0862. The maximum atomic E-state index is 13.3. The van der Waals surface area contributed by atoms with E-state index < -0.39 is 12.0 Å².